The van der Waals surface area contributed by atoms with Crippen molar-refractivity contribution in [2.45, 2.75) is 411 Å². The molecule has 2 unspecified atom stereocenters. The number of rotatable bonds is 71. The third-order valence-electron chi connectivity index (χ3n) is 17.4. The van der Waals surface area contributed by atoms with E-state index >= 15 is 0 Å². The van der Waals surface area contributed by atoms with Gasteiger partial charge in [-0.1, -0.05) is 373 Å². The van der Waals surface area contributed by atoms with Gasteiger partial charge in [0.1, 0.15) is 13.2 Å². The zero-order chi connectivity index (χ0) is 60.5. The first kappa shape index (κ1) is 81.3. The van der Waals surface area contributed by atoms with Crippen molar-refractivity contribution in [2.75, 3.05) is 47.5 Å². The number of hydrogen-bond donors (Lipinski definition) is 1. The highest BCUT2D eigenvalue weighted by atomic mass is 16.7. The summed E-state index contributed by atoms with van der Waals surface area (Å²) in [6, 6.07) is 0. The van der Waals surface area contributed by atoms with Gasteiger partial charge in [-0.15, -0.1) is 0 Å². The van der Waals surface area contributed by atoms with E-state index < -0.39 is 18.4 Å². The molecule has 1 N–H and O–H groups in total. The Balaban J connectivity index is 4.00. The van der Waals surface area contributed by atoms with Gasteiger partial charge in [-0.05, 0) is 12.8 Å². The maximum absolute atomic E-state index is 13.0. The average molecular weight is 1180 g/mol. The van der Waals surface area contributed by atoms with Crippen LogP contribution in [0.4, 0.5) is 0 Å². The predicted molar refractivity (Wildman–Crippen MR) is 355 cm³/mol. The molecular weight excluding hydrogens is 1030 g/mol. The number of nitrogens with zero attached hydrogens (tertiary/aromatic N) is 1. The fraction of sp³-hybridized carbons (Fsp3) is 0.959. The molecule has 0 aliphatic rings. The Kier molecular flexibility index (Phi) is 64.9. The monoisotopic (exact) mass is 1180 g/mol. The van der Waals surface area contributed by atoms with Gasteiger partial charge in [-0.3, -0.25) is 9.59 Å². The van der Waals surface area contributed by atoms with Crippen molar-refractivity contribution < 1.29 is 42.9 Å². The summed E-state index contributed by atoms with van der Waals surface area (Å²) in [5.41, 5.74) is 0. The highest BCUT2D eigenvalue weighted by Gasteiger charge is 2.25. The molecule has 0 heterocycles. The van der Waals surface area contributed by atoms with Crippen molar-refractivity contribution in [1.82, 2.24) is 0 Å². The second-order valence-corrected chi connectivity index (χ2v) is 27.0. The number of carbonyl (C=O) groups excluding carboxylic acids is 2. The fourth-order valence-electron chi connectivity index (χ4n) is 11.7. The topological polar surface area (TPSA) is 108 Å². The minimum atomic E-state index is -1.50. The summed E-state index contributed by atoms with van der Waals surface area (Å²) in [6.07, 6.45) is 76.7. The molecule has 0 saturated carbocycles. The van der Waals surface area contributed by atoms with Crippen LogP contribution in [-0.2, 0) is 33.3 Å². The Morgan fingerprint density at radius 2 is 0.542 bits per heavy atom. The molecule has 0 bridgehead atoms. The van der Waals surface area contributed by atoms with Crippen molar-refractivity contribution in [3.8, 4) is 0 Å². The van der Waals surface area contributed by atoms with Crippen molar-refractivity contribution in [3.05, 3.63) is 0 Å². The minimum Gasteiger partial charge on any atom is -0.477 e. The van der Waals surface area contributed by atoms with Gasteiger partial charge in [-0.25, -0.2) is 4.79 Å². The zero-order valence-corrected chi connectivity index (χ0v) is 56.7. The molecule has 0 amide bonds. The van der Waals surface area contributed by atoms with Crippen LogP contribution in [0.25, 0.3) is 0 Å². The summed E-state index contributed by atoms with van der Waals surface area (Å²) in [7, 11) is 6.00. The van der Waals surface area contributed by atoms with Crippen LogP contribution in [0.2, 0.25) is 0 Å². The standard InChI is InChI=1S/C74H145NO8/c1-6-8-10-12-14-16-18-20-22-24-26-28-30-32-34-36-37-39-41-43-45-47-49-51-53-55-57-59-61-63-65-72(77)83-70(69-82-74(73(78)79)80-67-66-75(3,4)5)68-81-71(76)64-62-60-58-56-54-52-50-48-46-44-42-40-38-35-33-31-29-27-25-23-21-19-17-15-13-11-9-7-2/h70,74H,6-69H2,1-5H3/p+1. The Hall–Kier alpha value is -1.71. The number of aliphatic carboxylic acids is 1. The Labute approximate surface area is 517 Å². The SMILES string of the molecule is CCCCCCCCCCCCCCCCCCCCCCCCCCCCCCCCC(=O)OC(COC(=O)CCCCCCCCCCCCCCCCCCCCCCCCCCCCCC)COC(OCC[N+](C)(C)C)C(=O)O. The number of unbranched alkanes of at least 4 members (excludes halogenated alkanes) is 56. The number of quaternary nitrogens is 1. The molecule has 0 spiro atoms. The number of carbonyl (C=O) groups is 3. The molecule has 0 fully saturated rings. The number of carboxylic acid groups (broad SMARTS) is 1. The van der Waals surface area contributed by atoms with Gasteiger partial charge in [0, 0.05) is 12.8 Å². The van der Waals surface area contributed by atoms with Crippen molar-refractivity contribution in [3.63, 3.8) is 0 Å². The quantitative estimate of drug-likeness (QED) is 0.0278. The molecule has 494 valence electrons. The van der Waals surface area contributed by atoms with Gasteiger partial charge in [0.25, 0.3) is 6.29 Å². The zero-order valence-electron chi connectivity index (χ0n) is 56.7. The smallest absolute Gasteiger partial charge is 0.361 e. The van der Waals surface area contributed by atoms with Crippen LogP contribution in [0.1, 0.15) is 399 Å². The molecule has 0 aromatic rings. The molecule has 0 aromatic carbocycles. The van der Waals surface area contributed by atoms with E-state index in [-0.39, 0.29) is 38.2 Å². The van der Waals surface area contributed by atoms with Crippen LogP contribution in [0.5, 0.6) is 0 Å². The van der Waals surface area contributed by atoms with E-state index in [9.17, 15) is 19.5 Å². The van der Waals surface area contributed by atoms with Gasteiger partial charge in [0.15, 0.2) is 6.10 Å². The van der Waals surface area contributed by atoms with Crippen molar-refractivity contribution >= 4 is 17.9 Å². The largest absolute Gasteiger partial charge is 0.477 e. The lowest BCUT2D eigenvalue weighted by Gasteiger charge is -2.25. The molecule has 0 aliphatic heterocycles. The van der Waals surface area contributed by atoms with Gasteiger partial charge in [0.05, 0.1) is 34.4 Å². The van der Waals surface area contributed by atoms with Gasteiger partial charge in [0.2, 0.25) is 0 Å². The second kappa shape index (κ2) is 66.2. The van der Waals surface area contributed by atoms with Crippen molar-refractivity contribution in [2.24, 2.45) is 0 Å². The maximum Gasteiger partial charge on any atom is 0.361 e. The normalized spacial score (nSPS) is 12.5. The van der Waals surface area contributed by atoms with Gasteiger partial charge in [-0.2, -0.15) is 0 Å². The predicted octanol–water partition coefficient (Wildman–Crippen LogP) is 23.0. The summed E-state index contributed by atoms with van der Waals surface area (Å²) < 4.78 is 23.0. The lowest BCUT2D eigenvalue weighted by Crippen LogP contribution is -2.40. The summed E-state index contributed by atoms with van der Waals surface area (Å²) >= 11 is 0. The first-order valence-corrected chi connectivity index (χ1v) is 37.2. The first-order chi connectivity index (χ1) is 40.6. The highest BCUT2D eigenvalue weighted by Crippen LogP contribution is 2.20. The molecule has 0 rings (SSSR count). The maximum atomic E-state index is 13.0. The Morgan fingerprint density at radius 3 is 0.771 bits per heavy atom. The van der Waals surface area contributed by atoms with E-state index in [0.29, 0.717) is 17.4 Å². The van der Waals surface area contributed by atoms with Crippen LogP contribution in [0, 0.1) is 0 Å². The van der Waals surface area contributed by atoms with E-state index in [1.54, 1.807) is 0 Å². The van der Waals surface area contributed by atoms with E-state index in [1.165, 1.54) is 334 Å². The summed E-state index contributed by atoms with van der Waals surface area (Å²) in [5, 5.41) is 9.75. The second-order valence-electron chi connectivity index (χ2n) is 27.0. The third kappa shape index (κ3) is 67.7. The number of esters is 2. The van der Waals surface area contributed by atoms with Crippen molar-refractivity contribution in [1.29, 1.82) is 0 Å². The minimum absolute atomic E-state index is 0.172. The van der Waals surface area contributed by atoms with Gasteiger partial charge >= 0.3 is 17.9 Å². The number of likely N-dealkylation sites (N-methyl/N-ethyl adjacent to an activating group) is 1. The third-order valence-corrected chi connectivity index (χ3v) is 17.4. The first-order valence-electron chi connectivity index (χ1n) is 37.2. The lowest BCUT2D eigenvalue weighted by atomic mass is 10.0. The number of ether oxygens (including phenoxy) is 4. The molecule has 9 nitrogen and oxygen atoms in total. The Morgan fingerprint density at radius 1 is 0.313 bits per heavy atom. The summed E-state index contributed by atoms with van der Waals surface area (Å²) in [4.78, 5) is 37.7. The van der Waals surface area contributed by atoms with Crippen LogP contribution in [0.15, 0.2) is 0 Å². The molecule has 83 heavy (non-hydrogen) atoms. The van der Waals surface area contributed by atoms with E-state index in [0.717, 1.165) is 38.5 Å². The molecule has 9 heteroatoms. The molecule has 0 aromatic heterocycles. The van der Waals surface area contributed by atoms with E-state index in [1.807, 2.05) is 21.1 Å². The molecule has 0 aliphatic carbocycles. The number of carboxylic acids is 1. The molecule has 0 saturated heterocycles. The van der Waals surface area contributed by atoms with Crippen LogP contribution in [0.3, 0.4) is 0 Å². The van der Waals surface area contributed by atoms with Crippen LogP contribution in [-0.4, -0.2) is 87.4 Å². The van der Waals surface area contributed by atoms with Crippen LogP contribution < -0.4 is 0 Å². The lowest BCUT2D eigenvalue weighted by molar-refractivity contribution is -0.870. The van der Waals surface area contributed by atoms with E-state index in [4.69, 9.17) is 18.9 Å². The summed E-state index contributed by atoms with van der Waals surface area (Å²) in [6.45, 7) is 4.98. The molecular formula is C74H146NO8+. The summed E-state index contributed by atoms with van der Waals surface area (Å²) in [5.74, 6) is -1.96. The molecule has 0 radical (unpaired) electrons. The van der Waals surface area contributed by atoms with Gasteiger partial charge < -0.3 is 28.5 Å². The average Bonchev–Trinajstić information content (AvgIpc) is 3.46. The van der Waals surface area contributed by atoms with E-state index in [2.05, 4.69) is 13.8 Å². The molecule has 2 atom stereocenters. The van der Waals surface area contributed by atoms with Crippen LogP contribution >= 0.6 is 0 Å². The number of hydrogen-bond acceptors (Lipinski definition) is 7. The fourth-order valence-corrected chi connectivity index (χ4v) is 11.7. The highest BCUT2D eigenvalue weighted by molar-refractivity contribution is 5.71. The Bertz CT molecular complexity index is 1320.